The molecule has 17 heavy (non-hydrogen) atoms. The number of fused-ring (bicyclic) bond motifs is 1. The molecule has 0 saturated carbocycles. The molecule has 0 unspecified atom stereocenters. The van der Waals surface area contributed by atoms with Crippen LogP contribution in [0.5, 0.6) is 0 Å². The number of aromatic amines is 1. The van der Waals surface area contributed by atoms with Gasteiger partial charge in [0.05, 0.1) is 16.8 Å². The Bertz CT molecular complexity index is 616. The number of imidazole rings is 1. The Kier molecular flexibility index (Phi) is 3.93. The number of benzene rings is 1. The molecular formula is C13H14N2S2. The standard InChI is InChI=1S/C13H14N2S2/c1-3-7-17-8-6-15-12-5-4-10(2)9-11(12)14-13(15)16/h1,4-5,9H,6-8H2,2H3,(H,14,16). The monoisotopic (exact) mass is 262 g/mol. The van der Waals surface area contributed by atoms with Crippen molar-refractivity contribution in [2.24, 2.45) is 0 Å². The van der Waals surface area contributed by atoms with Crippen molar-refractivity contribution in [1.29, 1.82) is 0 Å². The zero-order valence-electron chi connectivity index (χ0n) is 9.69. The van der Waals surface area contributed by atoms with Gasteiger partial charge < -0.3 is 9.55 Å². The maximum absolute atomic E-state index is 5.33. The fourth-order valence-electron chi connectivity index (χ4n) is 1.79. The van der Waals surface area contributed by atoms with Gasteiger partial charge in [0, 0.05) is 12.3 Å². The maximum Gasteiger partial charge on any atom is 0.178 e. The quantitative estimate of drug-likeness (QED) is 0.518. The summed E-state index contributed by atoms with van der Waals surface area (Å²) in [5.41, 5.74) is 3.52. The lowest BCUT2D eigenvalue weighted by Crippen LogP contribution is -2.00. The molecule has 2 aromatic rings. The van der Waals surface area contributed by atoms with E-state index in [1.165, 1.54) is 11.1 Å². The SMILES string of the molecule is C#CCSCCn1c(=S)[nH]c2cc(C)ccc21. The van der Waals surface area contributed by atoms with E-state index < -0.39 is 0 Å². The van der Waals surface area contributed by atoms with Crippen LogP contribution in [0.3, 0.4) is 0 Å². The average molecular weight is 262 g/mol. The Morgan fingerprint density at radius 1 is 1.53 bits per heavy atom. The van der Waals surface area contributed by atoms with Gasteiger partial charge in [0.25, 0.3) is 0 Å². The summed E-state index contributed by atoms with van der Waals surface area (Å²) in [6, 6.07) is 6.34. The van der Waals surface area contributed by atoms with Crippen molar-refractivity contribution in [2.45, 2.75) is 13.5 Å². The van der Waals surface area contributed by atoms with Gasteiger partial charge in [0.2, 0.25) is 0 Å². The second-order valence-corrected chi connectivity index (χ2v) is 5.35. The molecule has 1 aromatic heterocycles. The molecule has 0 aliphatic carbocycles. The van der Waals surface area contributed by atoms with E-state index in [4.69, 9.17) is 18.6 Å². The number of nitrogens with one attached hydrogen (secondary N) is 1. The van der Waals surface area contributed by atoms with E-state index in [1.807, 2.05) is 0 Å². The van der Waals surface area contributed by atoms with E-state index >= 15 is 0 Å². The van der Waals surface area contributed by atoms with Crippen molar-refractivity contribution in [3.05, 3.63) is 28.5 Å². The highest BCUT2D eigenvalue weighted by atomic mass is 32.2. The Balaban J connectivity index is 2.25. The first-order valence-corrected chi connectivity index (χ1v) is 6.99. The first kappa shape index (κ1) is 12.3. The number of terminal acetylenes is 1. The van der Waals surface area contributed by atoms with E-state index in [9.17, 15) is 0 Å². The number of nitrogens with zero attached hydrogens (tertiary/aromatic N) is 1. The van der Waals surface area contributed by atoms with Gasteiger partial charge in [0.1, 0.15) is 0 Å². The van der Waals surface area contributed by atoms with Crippen molar-refractivity contribution in [1.82, 2.24) is 9.55 Å². The molecular weight excluding hydrogens is 248 g/mol. The van der Waals surface area contributed by atoms with Gasteiger partial charge >= 0.3 is 0 Å². The first-order chi connectivity index (χ1) is 8.22. The summed E-state index contributed by atoms with van der Waals surface area (Å²) >= 11 is 7.09. The number of H-pyrrole nitrogens is 1. The van der Waals surface area contributed by atoms with Gasteiger partial charge in [-0.05, 0) is 36.8 Å². The molecule has 0 atom stereocenters. The van der Waals surface area contributed by atoms with Crippen LogP contribution in [0.25, 0.3) is 11.0 Å². The topological polar surface area (TPSA) is 20.7 Å². The third kappa shape index (κ3) is 2.74. The van der Waals surface area contributed by atoms with Crippen LogP contribution in [0.15, 0.2) is 18.2 Å². The molecule has 1 N–H and O–H groups in total. The molecule has 0 bridgehead atoms. The van der Waals surface area contributed by atoms with E-state index in [0.29, 0.717) is 0 Å². The molecule has 4 heteroatoms. The fraction of sp³-hybridized carbons (Fsp3) is 0.308. The number of thioether (sulfide) groups is 1. The maximum atomic E-state index is 5.33. The lowest BCUT2D eigenvalue weighted by Gasteiger charge is -2.03. The molecule has 0 fully saturated rings. The van der Waals surface area contributed by atoms with Crippen LogP contribution in [-0.2, 0) is 6.54 Å². The Labute approximate surface area is 110 Å². The summed E-state index contributed by atoms with van der Waals surface area (Å²) in [6.45, 7) is 2.98. The molecule has 0 amide bonds. The number of hydrogen-bond donors (Lipinski definition) is 1. The number of rotatable bonds is 4. The summed E-state index contributed by atoms with van der Waals surface area (Å²) in [6.07, 6.45) is 5.22. The predicted octanol–water partition coefficient (Wildman–Crippen LogP) is 3.37. The molecule has 88 valence electrons. The third-order valence-electron chi connectivity index (χ3n) is 2.57. The van der Waals surface area contributed by atoms with Crippen LogP contribution in [0.2, 0.25) is 0 Å². The zero-order valence-corrected chi connectivity index (χ0v) is 11.3. The third-order valence-corrected chi connectivity index (χ3v) is 3.74. The lowest BCUT2D eigenvalue weighted by atomic mass is 10.2. The van der Waals surface area contributed by atoms with Crippen molar-refractivity contribution in [2.75, 3.05) is 11.5 Å². The number of hydrogen-bond acceptors (Lipinski definition) is 2. The van der Waals surface area contributed by atoms with E-state index in [1.54, 1.807) is 11.8 Å². The van der Waals surface area contributed by atoms with Gasteiger partial charge in [0.15, 0.2) is 4.77 Å². The van der Waals surface area contributed by atoms with Gasteiger partial charge in [-0.1, -0.05) is 12.0 Å². The van der Waals surface area contributed by atoms with Crippen LogP contribution in [0.1, 0.15) is 5.56 Å². The van der Waals surface area contributed by atoms with Crippen molar-refractivity contribution >= 4 is 35.0 Å². The average Bonchev–Trinajstić information content (AvgIpc) is 2.60. The molecule has 1 aromatic carbocycles. The second-order valence-electron chi connectivity index (χ2n) is 3.86. The minimum atomic E-state index is 0.759. The zero-order chi connectivity index (χ0) is 12.3. The van der Waals surface area contributed by atoms with Gasteiger partial charge in [-0.25, -0.2) is 0 Å². The fourth-order valence-corrected chi connectivity index (χ4v) is 2.66. The van der Waals surface area contributed by atoms with Gasteiger partial charge in [-0.2, -0.15) is 0 Å². The highest BCUT2D eigenvalue weighted by Gasteiger charge is 2.03. The minimum absolute atomic E-state index is 0.759. The van der Waals surface area contributed by atoms with Crippen molar-refractivity contribution in [3.63, 3.8) is 0 Å². The molecule has 2 rings (SSSR count). The molecule has 2 nitrogen and oxygen atoms in total. The van der Waals surface area contributed by atoms with Crippen LogP contribution in [0, 0.1) is 24.0 Å². The van der Waals surface area contributed by atoms with Crippen molar-refractivity contribution < 1.29 is 0 Å². The van der Waals surface area contributed by atoms with Gasteiger partial charge in [-0.3, -0.25) is 0 Å². The predicted molar refractivity (Wildman–Crippen MR) is 78.0 cm³/mol. The Hall–Kier alpha value is -1.18. The minimum Gasteiger partial charge on any atom is -0.331 e. The molecule has 0 aliphatic rings. The van der Waals surface area contributed by atoms with Gasteiger partial charge in [-0.15, -0.1) is 18.2 Å². The molecule has 0 saturated heterocycles. The molecule has 0 spiro atoms. The summed E-state index contributed by atoms with van der Waals surface area (Å²) in [5, 5.41) is 0. The van der Waals surface area contributed by atoms with E-state index in [-0.39, 0.29) is 0 Å². The number of aromatic nitrogens is 2. The number of aryl methyl sites for hydroxylation is 2. The summed E-state index contributed by atoms with van der Waals surface area (Å²) < 4.78 is 2.92. The van der Waals surface area contributed by atoms with Crippen LogP contribution >= 0.6 is 24.0 Å². The summed E-state index contributed by atoms with van der Waals surface area (Å²) in [5.74, 6) is 4.37. The van der Waals surface area contributed by atoms with Crippen LogP contribution in [0.4, 0.5) is 0 Å². The normalized spacial score (nSPS) is 10.6. The smallest absolute Gasteiger partial charge is 0.178 e. The first-order valence-electron chi connectivity index (χ1n) is 5.43. The highest BCUT2D eigenvalue weighted by molar-refractivity contribution is 7.99. The second kappa shape index (κ2) is 5.44. The van der Waals surface area contributed by atoms with E-state index in [0.717, 1.165) is 28.3 Å². The Morgan fingerprint density at radius 3 is 3.12 bits per heavy atom. The molecule has 0 aliphatic heterocycles. The highest BCUT2D eigenvalue weighted by Crippen LogP contribution is 2.16. The summed E-state index contributed by atoms with van der Waals surface area (Å²) in [7, 11) is 0. The van der Waals surface area contributed by atoms with Crippen LogP contribution < -0.4 is 0 Å². The molecule has 1 heterocycles. The lowest BCUT2D eigenvalue weighted by molar-refractivity contribution is 0.784. The largest absolute Gasteiger partial charge is 0.331 e. The van der Waals surface area contributed by atoms with Crippen LogP contribution in [-0.4, -0.2) is 21.1 Å². The Morgan fingerprint density at radius 2 is 2.35 bits per heavy atom. The van der Waals surface area contributed by atoms with Crippen molar-refractivity contribution in [3.8, 4) is 12.3 Å². The molecule has 0 radical (unpaired) electrons. The van der Waals surface area contributed by atoms with E-state index in [2.05, 4.69) is 40.6 Å². The summed E-state index contributed by atoms with van der Waals surface area (Å²) in [4.78, 5) is 3.24.